The van der Waals surface area contributed by atoms with E-state index in [0.29, 0.717) is 45.4 Å². The summed E-state index contributed by atoms with van der Waals surface area (Å²) in [7, 11) is 1.47. The maximum atomic E-state index is 12.2. The van der Waals surface area contributed by atoms with E-state index < -0.39 is 11.7 Å². The van der Waals surface area contributed by atoms with Crippen molar-refractivity contribution < 1.29 is 19.3 Å². The van der Waals surface area contributed by atoms with Crippen LogP contribution in [0.3, 0.4) is 0 Å². The lowest BCUT2D eigenvalue weighted by atomic mass is 9.84. The molecule has 3 aromatic rings. The first-order valence-electron chi connectivity index (χ1n) is 9.66. The summed E-state index contributed by atoms with van der Waals surface area (Å²) in [6.07, 6.45) is 2.79. The number of nitrogens with zero attached hydrogens (tertiary/aromatic N) is 2. The Morgan fingerprint density at radius 1 is 1.31 bits per heavy atom. The first-order chi connectivity index (χ1) is 15.4. The van der Waals surface area contributed by atoms with Gasteiger partial charge in [0.1, 0.15) is 12.9 Å². The Kier molecular flexibility index (Phi) is 6.20. The number of hydrogen-bond donors (Lipinski definition) is 3. The van der Waals surface area contributed by atoms with Crippen molar-refractivity contribution in [2.45, 2.75) is 25.7 Å². The van der Waals surface area contributed by atoms with Gasteiger partial charge in [-0.3, -0.25) is 14.3 Å². The van der Waals surface area contributed by atoms with Crippen molar-refractivity contribution in [1.82, 2.24) is 10.1 Å². The van der Waals surface area contributed by atoms with Crippen molar-refractivity contribution in [2.75, 3.05) is 12.4 Å². The van der Waals surface area contributed by atoms with Crippen LogP contribution in [0.15, 0.2) is 38.7 Å². The van der Waals surface area contributed by atoms with Gasteiger partial charge in [-0.15, -0.1) is 0 Å². The number of aromatic nitrogens is 2. The van der Waals surface area contributed by atoms with Gasteiger partial charge >= 0.3 is 5.76 Å². The summed E-state index contributed by atoms with van der Waals surface area (Å²) in [6, 6.07) is 6.58. The van der Waals surface area contributed by atoms with Crippen LogP contribution in [0.25, 0.3) is 0 Å². The topological polar surface area (TPSA) is 130 Å². The molecule has 3 N–H and O–H groups in total. The predicted octanol–water partition coefficient (Wildman–Crippen LogP) is 3.91. The zero-order valence-electron chi connectivity index (χ0n) is 16.9. The quantitative estimate of drug-likeness (QED) is 0.478. The number of carbonyl (C=O) groups excluding carboxylic acids is 1. The van der Waals surface area contributed by atoms with Crippen molar-refractivity contribution in [1.29, 1.82) is 0 Å². The van der Waals surface area contributed by atoms with E-state index in [1.54, 1.807) is 18.2 Å². The first kappa shape index (κ1) is 21.9. The molecule has 0 radical (unpaired) electrons. The van der Waals surface area contributed by atoms with Crippen molar-refractivity contribution in [3.05, 3.63) is 72.9 Å². The summed E-state index contributed by atoms with van der Waals surface area (Å²) in [4.78, 5) is 30.3. The third kappa shape index (κ3) is 4.35. The summed E-state index contributed by atoms with van der Waals surface area (Å²) in [5.74, 6) is -1.62. The van der Waals surface area contributed by atoms with E-state index >= 15 is 0 Å². The minimum absolute atomic E-state index is 0.153. The van der Waals surface area contributed by atoms with Crippen LogP contribution in [-0.4, -0.2) is 34.0 Å². The van der Waals surface area contributed by atoms with Gasteiger partial charge in [-0.1, -0.05) is 34.4 Å². The van der Waals surface area contributed by atoms with E-state index in [9.17, 15) is 14.7 Å². The number of oxime groups is 1. The summed E-state index contributed by atoms with van der Waals surface area (Å²) < 4.78 is 4.32. The highest BCUT2D eigenvalue weighted by Crippen LogP contribution is 2.36. The average molecular weight is 477 g/mol. The Morgan fingerprint density at radius 3 is 2.72 bits per heavy atom. The second-order valence-corrected chi connectivity index (χ2v) is 7.98. The molecule has 0 unspecified atom stereocenters. The van der Waals surface area contributed by atoms with Crippen LogP contribution in [-0.2, 0) is 17.7 Å². The first-order valence-corrected chi connectivity index (χ1v) is 10.4. The molecule has 32 heavy (non-hydrogen) atoms. The number of rotatable bonds is 5. The van der Waals surface area contributed by atoms with E-state index in [2.05, 4.69) is 25.1 Å². The van der Waals surface area contributed by atoms with Gasteiger partial charge in [0.05, 0.1) is 5.71 Å². The largest absolute Gasteiger partial charge is 0.507 e. The number of fused-ring (bicyclic) bond motifs is 1. The number of hydrogen-bond acceptors (Lipinski definition) is 7. The van der Waals surface area contributed by atoms with Crippen molar-refractivity contribution in [3.8, 4) is 5.75 Å². The number of anilines is 1. The molecule has 1 heterocycles. The average Bonchev–Trinajstić information content (AvgIpc) is 3.19. The van der Waals surface area contributed by atoms with Crippen molar-refractivity contribution in [3.63, 3.8) is 0 Å². The number of aromatic hydroxyl groups is 1. The molecule has 11 heteroatoms. The number of benzene rings is 2. The normalized spacial score (nSPS) is 14.3. The molecular formula is C21H18Cl2N4O5. The lowest BCUT2D eigenvalue weighted by Gasteiger charge is -2.22. The van der Waals surface area contributed by atoms with E-state index in [1.807, 2.05) is 6.07 Å². The van der Waals surface area contributed by atoms with Crippen molar-refractivity contribution in [2.24, 2.45) is 5.16 Å². The van der Waals surface area contributed by atoms with Gasteiger partial charge in [0, 0.05) is 27.7 Å². The fourth-order valence-electron chi connectivity index (χ4n) is 3.76. The molecular weight excluding hydrogens is 459 g/mol. The highest BCUT2D eigenvalue weighted by atomic mass is 35.5. The number of phenolic OH excluding ortho intramolecular Hbond substituents is 1. The molecule has 4 rings (SSSR count). The Morgan fingerprint density at radius 2 is 2.06 bits per heavy atom. The SMILES string of the molecule is CO/N=C1\CCCc2c(Cc3c(Cl)cc(NC(=O)c4noc(=O)[nH]4)cc3Cl)ccc(O)c21. The van der Waals surface area contributed by atoms with Gasteiger partial charge in [-0.05, 0) is 59.3 Å². The Bertz CT molecular complexity index is 1260. The fraction of sp³-hybridized carbons (Fsp3) is 0.238. The van der Waals surface area contributed by atoms with Crippen LogP contribution in [0.4, 0.5) is 5.69 Å². The molecule has 0 fully saturated rings. The van der Waals surface area contributed by atoms with E-state index in [-0.39, 0.29) is 11.6 Å². The number of amides is 1. The number of H-pyrrole nitrogens is 1. The smallest absolute Gasteiger partial charge is 0.439 e. The molecule has 1 aromatic heterocycles. The molecule has 9 nitrogen and oxygen atoms in total. The molecule has 0 saturated carbocycles. The van der Waals surface area contributed by atoms with Crippen LogP contribution in [0.1, 0.15) is 45.7 Å². The Balaban J connectivity index is 1.63. The summed E-state index contributed by atoms with van der Waals surface area (Å²) >= 11 is 13.0. The molecule has 0 aliphatic heterocycles. The third-order valence-electron chi connectivity index (χ3n) is 5.14. The van der Waals surface area contributed by atoms with Crippen LogP contribution in [0, 0.1) is 0 Å². The zero-order chi connectivity index (χ0) is 22.8. The Labute approximate surface area is 192 Å². The second-order valence-electron chi connectivity index (χ2n) is 7.16. The highest BCUT2D eigenvalue weighted by molar-refractivity contribution is 6.36. The van der Waals surface area contributed by atoms with Crippen LogP contribution in [0.5, 0.6) is 5.75 Å². The highest BCUT2D eigenvalue weighted by Gasteiger charge is 2.24. The van der Waals surface area contributed by atoms with Gasteiger partial charge in [-0.25, -0.2) is 4.79 Å². The molecule has 1 aliphatic carbocycles. The minimum atomic E-state index is -0.836. The van der Waals surface area contributed by atoms with E-state index in [0.717, 1.165) is 24.0 Å². The number of aromatic amines is 1. The Hall–Kier alpha value is -3.30. The monoisotopic (exact) mass is 476 g/mol. The molecule has 166 valence electrons. The number of nitrogens with one attached hydrogen (secondary N) is 2. The minimum Gasteiger partial charge on any atom is -0.507 e. The molecule has 0 spiro atoms. The molecule has 0 bridgehead atoms. The molecule has 1 aliphatic rings. The second kappa shape index (κ2) is 9.05. The summed E-state index contributed by atoms with van der Waals surface area (Å²) in [5, 5.41) is 21.1. The van der Waals surface area contributed by atoms with Gasteiger partial charge in [0.25, 0.3) is 5.91 Å². The molecule has 2 aromatic carbocycles. The van der Waals surface area contributed by atoms with Crippen LogP contribution >= 0.6 is 23.2 Å². The van der Waals surface area contributed by atoms with Crippen LogP contribution in [0.2, 0.25) is 10.0 Å². The van der Waals surface area contributed by atoms with Gasteiger partial charge in [-0.2, -0.15) is 0 Å². The van der Waals surface area contributed by atoms with Gasteiger partial charge in [0.15, 0.2) is 0 Å². The number of phenols is 1. The predicted molar refractivity (Wildman–Crippen MR) is 119 cm³/mol. The number of carbonyl (C=O) groups is 1. The molecule has 0 atom stereocenters. The van der Waals surface area contributed by atoms with E-state index in [1.165, 1.54) is 7.11 Å². The fourth-order valence-corrected chi connectivity index (χ4v) is 4.38. The number of halogens is 2. The zero-order valence-corrected chi connectivity index (χ0v) is 18.4. The van der Waals surface area contributed by atoms with Crippen molar-refractivity contribution >= 4 is 40.5 Å². The van der Waals surface area contributed by atoms with Crippen LogP contribution < -0.4 is 11.1 Å². The molecule has 0 saturated heterocycles. The summed E-state index contributed by atoms with van der Waals surface area (Å²) in [6.45, 7) is 0. The van der Waals surface area contributed by atoms with Gasteiger partial charge in [0.2, 0.25) is 5.82 Å². The standard InChI is InChI=1S/C21H18Cl2N4O5/c1-31-26-16-4-2-3-12-10(5-6-17(28)18(12)16)7-13-14(22)8-11(9-15(13)23)24-20(29)19-25-21(30)32-27-19/h5-6,8-9,28H,2-4,7H2,1H3,(H,24,29)(H,25,27,30)/b26-16+. The maximum absolute atomic E-state index is 12.2. The maximum Gasteiger partial charge on any atom is 0.439 e. The summed E-state index contributed by atoms with van der Waals surface area (Å²) in [5.41, 5.74) is 4.33. The lowest BCUT2D eigenvalue weighted by molar-refractivity contribution is 0.101. The van der Waals surface area contributed by atoms with Gasteiger partial charge < -0.3 is 15.3 Å². The van der Waals surface area contributed by atoms with E-state index in [4.69, 9.17) is 28.0 Å². The lowest BCUT2D eigenvalue weighted by Crippen LogP contribution is -2.16. The molecule has 1 amide bonds. The third-order valence-corrected chi connectivity index (χ3v) is 5.81.